The van der Waals surface area contributed by atoms with Crippen LogP contribution >= 0.6 is 0 Å². The van der Waals surface area contributed by atoms with E-state index in [1.165, 1.54) is 39.0 Å². The van der Waals surface area contributed by atoms with Gasteiger partial charge in [-0.1, -0.05) is 0 Å². The molecule has 0 unspecified atom stereocenters. The molecule has 0 aromatic rings. The molecule has 0 aromatic heterocycles. The van der Waals surface area contributed by atoms with Crippen molar-refractivity contribution in [1.29, 1.82) is 0 Å². The summed E-state index contributed by atoms with van der Waals surface area (Å²) in [4.78, 5) is 2.46. The van der Waals surface area contributed by atoms with Crippen molar-refractivity contribution in [2.45, 2.75) is 31.8 Å². The van der Waals surface area contributed by atoms with Crippen LogP contribution in [0.2, 0.25) is 0 Å². The average molecular weight is 212 g/mol. The zero-order valence-electron chi connectivity index (χ0n) is 9.78. The van der Waals surface area contributed by atoms with Gasteiger partial charge in [0.25, 0.3) is 0 Å². The summed E-state index contributed by atoms with van der Waals surface area (Å²) in [5, 5.41) is 12.6. The van der Waals surface area contributed by atoms with E-state index in [0.29, 0.717) is 0 Å². The quantitative estimate of drug-likeness (QED) is 0.719. The molecule has 1 aliphatic heterocycles. The van der Waals surface area contributed by atoms with E-state index in [0.717, 1.165) is 24.7 Å². The predicted molar refractivity (Wildman–Crippen MR) is 61.8 cm³/mol. The smallest absolute Gasteiger partial charge is 0.0546 e. The van der Waals surface area contributed by atoms with Gasteiger partial charge in [0.15, 0.2) is 0 Å². The maximum atomic E-state index is 9.23. The van der Waals surface area contributed by atoms with Gasteiger partial charge in [-0.15, -0.1) is 0 Å². The molecule has 2 fully saturated rings. The maximum Gasteiger partial charge on any atom is 0.0546 e. The molecule has 0 aromatic carbocycles. The van der Waals surface area contributed by atoms with E-state index in [2.05, 4.69) is 17.3 Å². The highest BCUT2D eigenvalue weighted by Gasteiger charge is 2.28. The van der Waals surface area contributed by atoms with Gasteiger partial charge in [-0.3, -0.25) is 0 Å². The molecule has 1 saturated carbocycles. The fourth-order valence-electron chi connectivity index (χ4n) is 2.87. The zero-order valence-corrected chi connectivity index (χ0v) is 9.78. The maximum absolute atomic E-state index is 9.23. The van der Waals surface area contributed by atoms with Crippen molar-refractivity contribution in [3.63, 3.8) is 0 Å². The summed E-state index contributed by atoms with van der Waals surface area (Å²) in [6.45, 7) is 4.82. The third kappa shape index (κ3) is 3.44. The first kappa shape index (κ1) is 11.4. The fourth-order valence-corrected chi connectivity index (χ4v) is 2.87. The van der Waals surface area contributed by atoms with Gasteiger partial charge in [-0.25, -0.2) is 0 Å². The third-order valence-corrected chi connectivity index (χ3v) is 3.81. The van der Waals surface area contributed by atoms with Gasteiger partial charge in [0, 0.05) is 13.1 Å². The molecule has 1 saturated heterocycles. The lowest BCUT2D eigenvalue weighted by molar-refractivity contribution is 0.0257. The Labute approximate surface area is 92.8 Å². The fraction of sp³-hybridized carbons (Fsp3) is 1.00. The van der Waals surface area contributed by atoms with Crippen LogP contribution in [-0.4, -0.2) is 49.3 Å². The van der Waals surface area contributed by atoms with E-state index in [4.69, 9.17) is 0 Å². The number of aliphatic hydroxyl groups excluding tert-OH is 1. The number of hydrogen-bond donors (Lipinski definition) is 2. The SMILES string of the molecule is CN(CC1CCNCC1)CC1CC(O)C1. The van der Waals surface area contributed by atoms with E-state index in [9.17, 15) is 5.11 Å². The molecule has 0 bridgehead atoms. The Morgan fingerprint density at radius 2 is 1.73 bits per heavy atom. The van der Waals surface area contributed by atoms with Crippen LogP contribution in [0.15, 0.2) is 0 Å². The first-order chi connectivity index (χ1) is 7.24. The topological polar surface area (TPSA) is 35.5 Å². The van der Waals surface area contributed by atoms with Crippen molar-refractivity contribution in [2.75, 3.05) is 33.2 Å². The number of nitrogens with zero attached hydrogens (tertiary/aromatic N) is 1. The summed E-state index contributed by atoms with van der Waals surface area (Å²) in [5.74, 6) is 1.65. The standard InChI is InChI=1S/C12H24N2O/c1-14(9-11-6-12(15)7-11)8-10-2-4-13-5-3-10/h10-13,15H,2-9H2,1H3. The molecule has 3 heteroatoms. The molecule has 88 valence electrons. The second kappa shape index (κ2) is 5.28. The van der Waals surface area contributed by atoms with Gasteiger partial charge in [-0.05, 0) is 57.7 Å². The summed E-state index contributed by atoms with van der Waals surface area (Å²) in [6.07, 6.45) is 4.71. The van der Waals surface area contributed by atoms with E-state index in [1.54, 1.807) is 0 Å². The zero-order chi connectivity index (χ0) is 10.7. The molecule has 3 nitrogen and oxygen atoms in total. The van der Waals surface area contributed by atoms with Gasteiger partial charge in [0.05, 0.1) is 6.10 Å². The molecular weight excluding hydrogens is 188 g/mol. The lowest BCUT2D eigenvalue weighted by Crippen LogP contribution is -2.40. The average Bonchev–Trinajstić information content (AvgIpc) is 2.17. The van der Waals surface area contributed by atoms with Crippen LogP contribution in [0.4, 0.5) is 0 Å². The number of hydrogen-bond acceptors (Lipinski definition) is 3. The van der Waals surface area contributed by atoms with Crippen LogP contribution in [0.3, 0.4) is 0 Å². The molecule has 0 amide bonds. The van der Waals surface area contributed by atoms with Crippen LogP contribution in [0.1, 0.15) is 25.7 Å². The van der Waals surface area contributed by atoms with Gasteiger partial charge in [0.2, 0.25) is 0 Å². The molecule has 2 N–H and O–H groups in total. The van der Waals surface area contributed by atoms with Crippen molar-refractivity contribution < 1.29 is 5.11 Å². The molecule has 1 aliphatic carbocycles. The summed E-state index contributed by atoms with van der Waals surface area (Å²) >= 11 is 0. The van der Waals surface area contributed by atoms with Crippen LogP contribution in [0.5, 0.6) is 0 Å². The molecular formula is C12H24N2O. The van der Waals surface area contributed by atoms with Gasteiger partial charge in [0.1, 0.15) is 0 Å². The lowest BCUT2D eigenvalue weighted by atomic mass is 9.82. The summed E-state index contributed by atoms with van der Waals surface area (Å²) < 4.78 is 0. The van der Waals surface area contributed by atoms with Crippen molar-refractivity contribution in [3.05, 3.63) is 0 Å². The second-order valence-corrected chi connectivity index (χ2v) is 5.41. The van der Waals surface area contributed by atoms with Crippen molar-refractivity contribution >= 4 is 0 Å². The molecule has 0 spiro atoms. The first-order valence-electron chi connectivity index (χ1n) is 6.31. The third-order valence-electron chi connectivity index (χ3n) is 3.81. The molecule has 0 radical (unpaired) electrons. The number of rotatable bonds is 4. The number of piperidine rings is 1. The summed E-state index contributed by atoms with van der Waals surface area (Å²) in [6, 6.07) is 0. The first-order valence-corrected chi connectivity index (χ1v) is 6.31. The molecule has 1 heterocycles. The van der Waals surface area contributed by atoms with Crippen LogP contribution in [-0.2, 0) is 0 Å². The lowest BCUT2D eigenvalue weighted by Gasteiger charge is -2.36. The Kier molecular flexibility index (Phi) is 4.00. The Balaban J connectivity index is 1.61. The minimum Gasteiger partial charge on any atom is -0.393 e. The Morgan fingerprint density at radius 3 is 2.33 bits per heavy atom. The molecule has 15 heavy (non-hydrogen) atoms. The van der Waals surface area contributed by atoms with Crippen molar-refractivity contribution in [2.24, 2.45) is 11.8 Å². The van der Waals surface area contributed by atoms with Crippen molar-refractivity contribution in [1.82, 2.24) is 10.2 Å². The van der Waals surface area contributed by atoms with Gasteiger partial charge in [-0.2, -0.15) is 0 Å². The van der Waals surface area contributed by atoms with E-state index in [1.807, 2.05) is 0 Å². The van der Waals surface area contributed by atoms with E-state index >= 15 is 0 Å². The normalized spacial score (nSPS) is 33.0. The monoisotopic (exact) mass is 212 g/mol. The second-order valence-electron chi connectivity index (χ2n) is 5.41. The summed E-state index contributed by atoms with van der Waals surface area (Å²) in [7, 11) is 2.23. The van der Waals surface area contributed by atoms with E-state index in [-0.39, 0.29) is 6.10 Å². The minimum absolute atomic E-state index is 0.00211. The van der Waals surface area contributed by atoms with E-state index < -0.39 is 0 Å². The van der Waals surface area contributed by atoms with Gasteiger partial charge >= 0.3 is 0 Å². The highest BCUT2D eigenvalue weighted by Crippen LogP contribution is 2.28. The van der Waals surface area contributed by atoms with Crippen LogP contribution in [0, 0.1) is 11.8 Å². The highest BCUT2D eigenvalue weighted by atomic mass is 16.3. The van der Waals surface area contributed by atoms with Crippen LogP contribution < -0.4 is 5.32 Å². The Hall–Kier alpha value is -0.120. The molecule has 2 aliphatic rings. The Bertz CT molecular complexity index is 186. The summed E-state index contributed by atoms with van der Waals surface area (Å²) in [5.41, 5.74) is 0. The largest absolute Gasteiger partial charge is 0.393 e. The van der Waals surface area contributed by atoms with Crippen LogP contribution in [0.25, 0.3) is 0 Å². The minimum atomic E-state index is 0.00211. The predicted octanol–water partition coefficient (Wildman–Crippen LogP) is 0.689. The molecule has 2 rings (SSSR count). The molecule has 0 atom stereocenters. The number of nitrogens with one attached hydrogen (secondary N) is 1. The Morgan fingerprint density at radius 1 is 1.13 bits per heavy atom. The van der Waals surface area contributed by atoms with Crippen molar-refractivity contribution in [3.8, 4) is 0 Å². The number of aliphatic hydroxyl groups is 1. The van der Waals surface area contributed by atoms with Gasteiger partial charge < -0.3 is 15.3 Å². The highest BCUT2D eigenvalue weighted by molar-refractivity contribution is 4.81.